The van der Waals surface area contributed by atoms with Crippen LogP contribution in [0.3, 0.4) is 0 Å². The Morgan fingerprint density at radius 2 is 1.79 bits per heavy atom. The lowest BCUT2D eigenvalue weighted by molar-refractivity contribution is -0.144. The van der Waals surface area contributed by atoms with Gasteiger partial charge < -0.3 is 4.90 Å². The molecule has 0 aliphatic rings. The molecular weight excluding hydrogens is 472 g/mol. The third-order valence-electron chi connectivity index (χ3n) is 5.32. The van der Waals surface area contributed by atoms with Crippen LogP contribution in [0, 0.1) is 26.6 Å². The van der Waals surface area contributed by atoms with Gasteiger partial charge in [0.1, 0.15) is 5.82 Å². The Morgan fingerprint density at radius 1 is 1.09 bits per heavy atom. The van der Waals surface area contributed by atoms with E-state index in [0.29, 0.717) is 28.3 Å². The second-order valence-electron chi connectivity index (χ2n) is 7.72. The van der Waals surface area contributed by atoms with Crippen LogP contribution in [0.1, 0.15) is 39.9 Å². The molecule has 0 bridgehead atoms. The van der Waals surface area contributed by atoms with Gasteiger partial charge in [-0.3, -0.25) is 4.79 Å². The number of benzene rings is 1. The van der Waals surface area contributed by atoms with Gasteiger partial charge in [0.25, 0.3) is 11.6 Å². The fourth-order valence-corrected chi connectivity index (χ4v) is 4.25. The molecule has 12 heteroatoms. The summed E-state index contributed by atoms with van der Waals surface area (Å²) < 4.78 is 53.6. The fourth-order valence-electron chi connectivity index (χ4n) is 3.64. The Balaban J connectivity index is 1.60. The van der Waals surface area contributed by atoms with Gasteiger partial charge in [0.05, 0.1) is 17.2 Å². The minimum Gasteiger partial charge on any atom is -0.306 e. The molecule has 4 aromatic rings. The largest absolute Gasteiger partial charge is 0.453 e. The number of fused-ring (bicyclic) bond motifs is 1. The average molecular weight is 493 g/mol. The van der Waals surface area contributed by atoms with Crippen LogP contribution in [-0.4, -0.2) is 30.5 Å². The topological polar surface area (TPSA) is 76.3 Å². The first kappa shape index (κ1) is 23.7. The molecule has 1 aromatic carbocycles. The van der Waals surface area contributed by atoms with Gasteiger partial charge in [-0.05, 0) is 57.0 Å². The third kappa shape index (κ3) is 4.91. The number of amides is 1. The molecule has 1 amide bonds. The van der Waals surface area contributed by atoms with Crippen molar-refractivity contribution in [1.29, 1.82) is 0 Å². The molecule has 3 heterocycles. The maximum atomic E-state index is 13.4. The fraction of sp³-hybridized carbons (Fsp3) is 0.318. The molecule has 0 fully saturated rings. The number of anilines is 1. The smallest absolute Gasteiger partial charge is 0.306 e. The molecule has 3 aromatic heterocycles. The molecular formula is C22H20F4N6OS. The van der Waals surface area contributed by atoms with Gasteiger partial charge in [0, 0.05) is 28.9 Å². The minimum absolute atomic E-state index is 0.0518. The van der Waals surface area contributed by atoms with E-state index >= 15 is 0 Å². The summed E-state index contributed by atoms with van der Waals surface area (Å²) in [5.74, 6) is -2.08. The van der Waals surface area contributed by atoms with Crippen molar-refractivity contribution in [3.63, 3.8) is 0 Å². The highest BCUT2D eigenvalue weighted by atomic mass is 32.1. The zero-order valence-corrected chi connectivity index (χ0v) is 19.3. The maximum absolute atomic E-state index is 13.4. The number of thiazole rings is 1. The SMILES string of the molecule is Cc1nc(CN(C(=O)CCc2c(C)nc3nc(C(F)(F)F)nn3c2C)c2ccc(F)cc2)cs1. The number of hydrogen-bond donors (Lipinski definition) is 0. The van der Waals surface area contributed by atoms with Crippen molar-refractivity contribution in [3.8, 4) is 0 Å². The number of alkyl halides is 3. The molecule has 0 unspecified atom stereocenters. The molecule has 0 saturated heterocycles. The van der Waals surface area contributed by atoms with E-state index in [1.54, 1.807) is 13.8 Å². The third-order valence-corrected chi connectivity index (χ3v) is 6.14. The zero-order valence-electron chi connectivity index (χ0n) is 18.5. The summed E-state index contributed by atoms with van der Waals surface area (Å²) >= 11 is 1.46. The van der Waals surface area contributed by atoms with E-state index in [1.165, 1.54) is 40.5 Å². The van der Waals surface area contributed by atoms with E-state index in [9.17, 15) is 22.4 Å². The molecule has 0 N–H and O–H groups in total. The van der Waals surface area contributed by atoms with E-state index in [0.717, 1.165) is 9.52 Å². The van der Waals surface area contributed by atoms with E-state index in [-0.39, 0.29) is 31.1 Å². The Hall–Kier alpha value is -3.41. The van der Waals surface area contributed by atoms with Gasteiger partial charge in [-0.2, -0.15) is 18.2 Å². The normalized spacial score (nSPS) is 11.9. The van der Waals surface area contributed by atoms with Crippen molar-refractivity contribution in [2.45, 2.75) is 46.3 Å². The lowest BCUT2D eigenvalue weighted by Crippen LogP contribution is -2.31. The van der Waals surface area contributed by atoms with Crippen molar-refractivity contribution >= 4 is 28.7 Å². The molecule has 0 saturated carbocycles. The van der Waals surface area contributed by atoms with Gasteiger partial charge in [0.15, 0.2) is 0 Å². The minimum atomic E-state index is -4.69. The quantitative estimate of drug-likeness (QED) is 0.361. The van der Waals surface area contributed by atoms with E-state index in [4.69, 9.17) is 0 Å². The summed E-state index contributed by atoms with van der Waals surface area (Å²) in [6.07, 6.45) is -4.40. The highest BCUT2D eigenvalue weighted by Gasteiger charge is 2.37. The van der Waals surface area contributed by atoms with Crippen molar-refractivity contribution in [3.05, 3.63) is 68.9 Å². The van der Waals surface area contributed by atoms with Crippen LogP contribution in [0.2, 0.25) is 0 Å². The molecule has 0 aliphatic heterocycles. The Labute approximate surface area is 196 Å². The zero-order chi connectivity index (χ0) is 24.6. The van der Waals surface area contributed by atoms with Crippen molar-refractivity contribution in [2.75, 3.05) is 4.90 Å². The molecule has 0 atom stereocenters. The monoisotopic (exact) mass is 492 g/mol. The highest BCUT2D eigenvalue weighted by Crippen LogP contribution is 2.27. The summed E-state index contributed by atoms with van der Waals surface area (Å²) in [6.45, 7) is 5.35. The van der Waals surface area contributed by atoms with Crippen LogP contribution < -0.4 is 4.90 Å². The summed E-state index contributed by atoms with van der Waals surface area (Å²) in [5, 5.41) is 6.26. The van der Waals surface area contributed by atoms with Gasteiger partial charge in [-0.15, -0.1) is 16.4 Å². The molecule has 0 aliphatic carbocycles. The summed E-state index contributed by atoms with van der Waals surface area (Å²) in [5.41, 5.74) is 2.75. The number of aromatic nitrogens is 5. The van der Waals surface area contributed by atoms with E-state index < -0.39 is 17.8 Å². The van der Waals surface area contributed by atoms with Gasteiger partial charge in [-0.25, -0.2) is 18.9 Å². The molecule has 4 rings (SSSR count). The number of halogens is 4. The first-order chi connectivity index (χ1) is 16.0. The lowest BCUT2D eigenvalue weighted by Gasteiger charge is -2.22. The second kappa shape index (κ2) is 9.09. The standard InChI is InChI=1S/C22H20F4N6OS/c1-12-18(13(2)32-21(27-12)29-20(30-32)22(24,25)26)8-9-19(33)31(10-16-11-34-14(3)28-16)17-6-4-15(23)5-7-17/h4-7,11H,8-10H2,1-3H3. The van der Waals surface area contributed by atoms with E-state index in [1.807, 2.05) is 12.3 Å². The summed E-state index contributed by atoms with van der Waals surface area (Å²) in [6, 6.07) is 5.59. The van der Waals surface area contributed by atoms with Crippen molar-refractivity contribution in [2.24, 2.45) is 0 Å². The van der Waals surface area contributed by atoms with Crippen LogP contribution in [0.4, 0.5) is 23.2 Å². The number of aryl methyl sites for hydroxylation is 3. The Bertz CT molecular complexity index is 1350. The number of carbonyl (C=O) groups is 1. The van der Waals surface area contributed by atoms with E-state index in [2.05, 4.69) is 20.1 Å². The molecule has 0 radical (unpaired) electrons. The van der Waals surface area contributed by atoms with Gasteiger partial charge in [0.2, 0.25) is 5.91 Å². The molecule has 178 valence electrons. The van der Waals surface area contributed by atoms with Crippen molar-refractivity contribution < 1.29 is 22.4 Å². The number of carbonyl (C=O) groups excluding carboxylic acids is 1. The van der Waals surface area contributed by atoms with Gasteiger partial charge in [-0.1, -0.05) is 0 Å². The van der Waals surface area contributed by atoms with Crippen LogP contribution in [-0.2, 0) is 23.9 Å². The Kier molecular flexibility index (Phi) is 6.34. The molecule has 7 nitrogen and oxygen atoms in total. The maximum Gasteiger partial charge on any atom is 0.453 e. The second-order valence-corrected chi connectivity index (χ2v) is 8.78. The molecule has 34 heavy (non-hydrogen) atoms. The predicted molar refractivity (Wildman–Crippen MR) is 118 cm³/mol. The van der Waals surface area contributed by atoms with Crippen LogP contribution in [0.25, 0.3) is 5.78 Å². The summed E-state index contributed by atoms with van der Waals surface area (Å²) in [4.78, 5) is 26.8. The number of hydrogen-bond acceptors (Lipinski definition) is 6. The predicted octanol–water partition coefficient (Wildman–Crippen LogP) is 4.83. The van der Waals surface area contributed by atoms with Crippen LogP contribution in [0.5, 0.6) is 0 Å². The summed E-state index contributed by atoms with van der Waals surface area (Å²) in [7, 11) is 0. The van der Waals surface area contributed by atoms with Gasteiger partial charge >= 0.3 is 6.18 Å². The molecule has 0 spiro atoms. The van der Waals surface area contributed by atoms with Crippen LogP contribution in [0.15, 0.2) is 29.6 Å². The lowest BCUT2D eigenvalue weighted by atomic mass is 10.1. The number of rotatable bonds is 6. The van der Waals surface area contributed by atoms with Crippen LogP contribution >= 0.6 is 11.3 Å². The first-order valence-electron chi connectivity index (χ1n) is 10.3. The highest BCUT2D eigenvalue weighted by molar-refractivity contribution is 7.09. The average Bonchev–Trinajstić information content (AvgIpc) is 3.38. The Morgan fingerprint density at radius 3 is 2.41 bits per heavy atom. The van der Waals surface area contributed by atoms with Crippen molar-refractivity contribution in [1.82, 2.24) is 24.6 Å². The number of nitrogens with zero attached hydrogens (tertiary/aromatic N) is 6. The first-order valence-corrected chi connectivity index (χ1v) is 11.2.